The SMILES string of the molecule is c1ccc(-c2cccc3c2oc2c(N(c4ccc(-c5ccc6sc7ccccc7c6c5)cc4)c4cccc5c4oc4ccccc45)cccc23)cc1. The zero-order valence-corrected chi connectivity index (χ0v) is 28.7. The van der Waals surface area contributed by atoms with Gasteiger partial charge in [0.1, 0.15) is 11.2 Å². The van der Waals surface area contributed by atoms with Crippen LogP contribution in [0.15, 0.2) is 185 Å². The van der Waals surface area contributed by atoms with Crippen LogP contribution >= 0.6 is 11.3 Å². The van der Waals surface area contributed by atoms with Crippen LogP contribution in [0.1, 0.15) is 0 Å². The lowest BCUT2D eigenvalue weighted by atomic mass is 10.0. The summed E-state index contributed by atoms with van der Waals surface area (Å²) in [5.41, 5.74) is 10.9. The molecule has 0 atom stereocenters. The molecule has 11 rings (SSSR count). The molecule has 244 valence electrons. The summed E-state index contributed by atoms with van der Waals surface area (Å²) in [6, 6.07) is 62.3. The Labute approximate surface area is 303 Å². The third kappa shape index (κ3) is 4.45. The minimum atomic E-state index is 0.827. The molecule has 0 N–H and O–H groups in total. The van der Waals surface area contributed by atoms with Crippen LogP contribution in [-0.2, 0) is 0 Å². The monoisotopic (exact) mass is 683 g/mol. The average molecular weight is 684 g/mol. The molecule has 3 heterocycles. The highest BCUT2D eigenvalue weighted by atomic mass is 32.1. The molecule has 0 amide bonds. The summed E-state index contributed by atoms with van der Waals surface area (Å²) in [6.07, 6.45) is 0. The van der Waals surface area contributed by atoms with E-state index in [9.17, 15) is 0 Å². The van der Waals surface area contributed by atoms with Gasteiger partial charge in [-0.25, -0.2) is 0 Å². The summed E-state index contributed by atoms with van der Waals surface area (Å²) in [5, 5.41) is 6.94. The summed E-state index contributed by atoms with van der Waals surface area (Å²) in [4.78, 5) is 2.29. The third-order valence-electron chi connectivity index (χ3n) is 10.3. The van der Waals surface area contributed by atoms with Crippen LogP contribution in [0.25, 0.3) is 86.3 Å². The van der Waals surface area contributed by atoms with Gasteiger partial charge in [0.05, 0.1) is 11.4 Å². The van der Waals surface area contributed by atoms with Crippen LogP contribution in [0.4, 0.5) is 17.1 Å². The van der Waals surface area contributed by atoms with Crippen molar-refractivity contribution < 1.29 is 8.83 Å². The van der Waals surface area contributed by atoms with E-state index in [1.807, 2.05) is 29.5 Å². The lowest BCUT2D eigenvalue weighted by Gasteiger charge is -2.25. The Morgan fingerprint density at radius 3 is 1.77 bits per heavy atom. The van der Waals surface area contributed by atoms with Gasteiger partial charge in [-0.15, -0.1) is 11.3 Å². The van der Waals surface area contributed by atoms with Crippen LogP contribution in [0.3, 0.4) is 0 Å². The molecule has 0 radical (unpaired) electrons. The van der Waals surface area contributed by atoms with Crippen molar-refractivity contribution in [1.29, 1.82) is 0 Å². The maximum absolute atomic E-state index is 6.95. The number of benzene rings is 8. The van der Waals surface area contributed by atoms with Crippen molar-refractivity contribution in [3.8, 4) is 22.3 Å². The normalized spacial score (nSPS) is 11.8. The first-order valence-corrected chi connectivity index (χ1v) is 18.3. The molecule has 52 heavy (non-hydrogen) atoms. The van der Waals surface area contributed by atoms with Gasteiger partial charge in [0.2, 0.25) is 0 Å². The predicted molar refractivity (Wildman–Crippen MR) is 219 cm³/mol. The molecule has 0 spiro atoms. The number of anilines is 3. The second-order valence-corrected chi connectivity index (χ2v) is 14.3. The number of hydrogen-bond acceptors (Lipinski definition) is 4. The van der Waals surface area contributed by atoms with Crippen LogP contribution in [0, 0.1) is 0 Å². The van der Waals surface area contributed by atoms with Crippen molar-refractivity contribution in [1.82, 2.24) is 0 Å². The lowest BCUT2D eigenvalue weighted by Crippen LogP contribution is -2.10. The third-order valence-corrected chi connectivity index (χ3v) is 11.4. The van der Waals surface area contributed by atoms with Gasteiger partial charge in [-0.2, -0.15) is 0 Å². The zero-order chi connectivity index (χ0) is 34.2. The first kappa shape index (κ1) is 29.1. The van der Waals surface area contributed by atoms with Gasteiger partial charge in [0.15, 0.2) is 11.2 Å². The topological polar surface area (TPSA) is 29.5 Å². The quantitative estimate of drug-likeness (QED) is 0.181. The van der Waals surface area contributed by atoms with Crippen LogP contribution in [-0.4, -0.2) is 0 Å². The van der Waals surface area contributed by atoms with E-state index in [2.05, 4.69) is 163 Å². The predicted octanol–water partition coefficient (Wildman–Crippen LogP) is 14.7. The van der Waals surface area contributed by atoms with E-state index in [1.165, 1.54) is 25.7 Å². The van der Waals surface area contributed by atoms with Crippen LogP contribution in [0.2, 0.25) is 0 Å². The fourth-order valence-electron chi connectivity index (χ4n) is 7.85. The zero-order valence-electron chi connectivity index (χ0n) is 27.9. The Morgan fingerprint density at radius 2 is 0.962 bits per heavy atom. The van der Waals surface area contributed by atoms with Crippen molar-refractivity contribution in [2.75, 3.05) is 4.90 Å². The molecule has 0 saturated carbocycles. The molecule has 0 aliphatic carbocycles. The highest BCUT2D eigenvalue weighted by Gasteiger charge is 2.24. The van der Waals surface area contributed by atoms with Gasteiger partial charge in [0.25, 0.3) is 0 Å². The molecular weight excluding hydrogens is 655 g/mol. The van der Waals surface area contributed by atoms with Crippen molar-refractivity contribution in [2.45, 2.75) is 0 Å². The number of thiophene rings is 1. The number of furan rings is 2. The second kappa shape index (κ2) is 11.5. The molecule has 0 saturated heterocycles. The summed E-state index contributed by atoms with van der Waals surface area (Å²) < 4.78 is 16.2. The number of fused-ring (bicyclic) bond motifs is 9. The molecule has 0 aliphatic heterocycles. The maximum atomic E-state index is 6.95. The Morgan fingerprint density at radius 1 is 0.365 bits per heavy atom. The fourth-order valence-corrected chi connectivity index (χ4v) is 8.94. The molecule has 0 aliphatic rings. The second-order valence-electron chi connectivity index (χ2n) is 13.2. The summed E-state index contributed by atoms with van der Waals surface area (Å²) in [7, 11) is 0. The molecule has 0 unspecified atom stereocenters. The number of nitrogens with zero attached hydrogens (tertiary/aromatic N) is 1. The minimum Gasteiger partial charge on any atom is -0.454 e. The standard InChI is InChI=1S/C48H29NO2S/c1-2-11-31(12-3-1)34-15-8-16-38-39-18-10-20-42(48(39)51-46(34)38)49(41-19-9-17-37-35-13-4-6-21-43(35)50-47(37)41)33-26-23-30(24-27-33)32-25-28-45-40(29-32)36-14-5-7-22-44(36)52-45/h1-29H. The largest absolute Gasteiger partial charge is 0.454 e. The van der Waals surface area contributed by atoms with Gasteiger partial charge in [-0.05, 0) is 65.2 Å². The fraction of sp³-hybridized carbons (Fsp3) is 0. The van der Waals surface area contributed by atoms with E-state index in [4.69, 9.17) is 8.83 Å². The number of hydrogen-bond donors (Lipinski definition) is 0. The van der Waals surface area contributed by atoms with Gasteiger partial charge in [-0.3, -0.25) is 0 Å². The van der Waals surface area contributed by atoms with Gasteiger partial charge < -0.3 is 13.7 Å². The Kier molecular flexibility index (Phi) is 6.42. The lowest BCUT2D eigenvalue weighted by molar-refractivity contribution is 0.666. The molecule has 4 heteroatoms. The van der Waals surface area contributed by atoms with Gasteiger partial charge in [-0.1, -0.05) is 127 Å². The number of rotatable bonds is 5. The highest BCUT2D eigenvalue weighted by Crippen LogP contribution is 2.47. The molecule has 3 nitrogen and oxygen atoms in total. The van der Waals surface area contributed by atoms with E-state index in [1.54, 1.807) is 0 Å². The Hall–Kier alpha value is -6.62. The maximum Gasteiger partial charge on any atom is 0.159 e. The molecule has 8 aromatic carbocycles. The van der Waals surface area contributed by atoms with E-state index >= 15 is 0 Å². The number of para-hydroxylation sites is 4. The Balaban J connectivity index is 1.12. The summed E-state index contributed by atoms with van der Waals surface area (Å²) >= 11 is 1.85. The van der Waals surface area contributed by atoms with Crippen LogP contribution in [0.5, 0.6) is 0 Å². The van der Waals surface area contributed by atoms with Crippen LogP contribution < -0.4 is 4.90 Å². The van der Waals surface area contributed by atoms with E-state index < -0.39 is 0 Å². The summed E-state index contributed by atoms with van der Waals surface area (Å²) in [6.45, 7) is 0. The molecule has 3 aromatic heterocycles. The average Bonchev–Trinajstić information content (AvgIpc) is 3.90. The molecule has 0 bridgehead atoms. The molecule has 0 fully saturated rings. The van der Waals surface area contributed by atoms with Gasteiger partial charge in [0, 0.05) is 53.0 Å². The van der Waals surface area contributed by atoms with E-state index in [0.717, 1.165) is 77.6 Å². The van der Waals surface area contributed by atoms with E-state index in [0.29, 0.717) is 0 Å². The van der Waals surface area contributed by atoms with E-state index in [-0.39, 0.29) is 0 Å². The minimum absolute atomic E-state index is 0.827. The smallest absolute Gasteiger partial charge is 0.159 e. The first-order chi connectivity index (χ1) is 25.8. The van der Waals surface area contributed by atoms with Crippen molar-refractivity contribution in [3.63, 3.8) is 0 Å². The first-order valence-electron chi connectivity index (χ1n) is 17.5. The van der Waals surface area contributed by atoms with Crippen molar-refractivity contribution >= 4 is 92.4 Å². The molecule has 11 aromatic rings. The summed E-state index contributed by atoms with van der Waals surface area (Å²) in [5.74, 6) is 0. The Bertz CT molecular complexity index is 3130. The van der Waals surface area contributed by atoms with Crippen molar-refractivity contribution in [3.05, 3.63) is 176 Å². The van der Waals surface area contributed by atoms with Gasteiger partial charge >= 0.3 is 0 Å². The highest BCUT2D eigenvalue weighted by molar-refractivity contribution is 7.25. The molecular formula is C48H29NO2S. The van der Waals surface area contributed by atoms with Crippen molar-refractivity contribution in [2.24, 2.45) is 0 Å².